The highest BCUT2D eigenvalue weighted by Crippen LogP contribution is 2.11. The van der Waals surface area contributed by atoms with Gasteiger partial charge >= 0.3 is 0 Å². The molecule has 0 aliphatic heterocycles. The number of nitrogens with one attached hydrogen (secondary N) is 1. The van der Waals surface area contributed by atoms with Crippen LogP contribution in [0.5, 0.6) is 0 Å². The first-order valence-electron chi connectivity index (χ1n) is 9.19. The fraction of sp³-hybridized carbons (Fsp3) is 0.579. The Hall–Kier alpha value is -1.93. The van der Waals surface area contributed by atoms with E-state index in [0.717, 1.165) is 35.4 Å². The van der Waals surface area contributed by atoms with E-state index in [1.165, 1.54) is 11.9 Å². The molecule has 8 heteroatoms. The maximum absolute atomic E-state index is 12.8. The fourth-order valence-electron chi connectivity index (χ4n) is 2.50. The predicted octanol–water partition coefficient (Wildman–Crippen LogP) is 1.60. The van der Waals surface area contributed by atoms with E-state index in [4.69, 9.17) is 0 Å². The minimum atomic E-state index is -3.49. The molecule has 0 bridgehead atoms. The lowest BCUT2D eigenvalue weighted by molar-refractivity contribution is -0.140. The van der Waals surface area contributed by atoms with Gasteiger partial charge in [0.25, 0.3) is 0 Å². The lowest BCUT2D eigenvalue weighted by Crippen LogP contribution is -2.50. The molecule has 27 heavy (non-hydrogen) atoms. The third-order valence-electron chi connectivity index (χ3n) is 4.37. The van der Waals surface area contributed by atoms with E-state index >= 15 is 0 Å². The largest absolute Gasteiger partial charge is 0.354 e. The Bertz CT molecular complexity index is 707. The summed E-state index contributed by atoms with van der Waals surface area (Å²) in [7, 11) is -2.13. The van der Waals surface area contributed by atoms with Crippen molar-refractivity contribution >= 4 is 21.8 Å². The molecule has 1 N–H and O–H groups in total. The summed E-state index contributed by atoms with van der Waals surface area (Å²) in [5.41, 5.74) is 0.874. The molecule has 7 nitrogen and oxygen atoms in total. The average Bonchev–Trinajstić information content (AvgIpc) is 2.62. The molecule has 1 aromatic rings. The molecule has 1 unspecified atom stereocenters. The van der Waals surface area contributed by atoms with Crippen molar-refractivity contribution in [1.82, 2.24) is 14.5 Å². The van der Waals surface area contributed by atoms with Gasteiger partial charge in [0.05, 0.1) is 12.8 Å². The number of benzene rings is 1. The van der Waals surface area contributed by atoms with Crippen molar-refractivity contribution in [3.05, 3.63) is 35.9 Å². The highest BCUT2D eigenvalue weighted by Gasteiger charge is 2.28. The molecule has 0 aliphatic carbocycles. The number of unbranched alkanes of at least 4 members (excludes halogenated alkanes) is 2. The molecule has 0 saturated carbocycles. The van der Waals surface area contributed by atoms with Crippen molar-refractivity contribution in [3.63, 3.8) is 0 Å². The zero-order valence-corrected chi connectivity index (χ0v) is 17.5. The highest BCUT2D eigenvalue weighted by atomic mass is 32.2. The van der Waals surface area contributed by atoms with Gasteiger partial charge in [-0.3, -0.25) is 9.59 Å². The lowest BCUT2D eigenvalue weighted by atomic mass is 10.1. The molecule has 0 saturated heterocycles. The molecule has 0 fully saturated rings. The molecule has 2 amide bonds. The molecule has 1 rings (SSSR count). The first kappa shape index (κ1) is 23.1. The summed E-state index contributed by atoms with van der Waals surface area (Å²) in [6, 6.07) is 8.62. The topological polar surface area (TPSA) is 86.8 Å². The van der Waals surface area contributed by atoms with E-state index in [0.29, 0.717) is 6.54 Å². The monoisotopic (exact) mass is 397 g/mol. The van der Waals surface area contributed by atoms with Crippen LogP contribution in [0.15, 0.2) is 30.3 Å². The second kappa shape index (κ2) is 11.0. The van der Waals surface area contributed by atoms with Crippen molar-refractivity contribution in [2.75, 3.05) is 26.4 Å². The van der Waals surface area contributed by atoms with Crippen LogP contribution in [0.3, 0.4) is 0 Å². The SMILES string of the molecule is CCCCCNC(=O)C(C)N(Cc1ccccc1)C(=O)CN(C)S(C)(=O)=O. The summed E-state index contributed by atoms with van der Waals surface area (Å²) in [6.07, 6.45) is 4.02. The second-order valence-electron chi connectivity index (χ2n) is 6.70. The minimum absolute atomic E-state index is 0.237. The number of sulfonamides is 1. The lowest BCUT2D eigenvalue weighted by Gasteiger charge is -2.30. The third kappa shape index (κ3) is 8.09. The molecule has 0 heterocycles. The summed E-state index contributed by atoms with van der Waals surface area (Å²) in [6.45, 7) is 4.24. The number of carbonyl (C=O) groups is 2. The van der Waals surface area contributed by atoms with Gasteiger partial charge < -0.3 is 10.2 Å². The molecule has 0 aromatic heterocycles. The second-order valence-corrected chi connectivity index (χ2v) is 8.79. The standard InChI is InChI=1S/C19H31N3O4S/c1-5-6-10-13-20-19(24)16(2)22(14-17-11-8-7-9-12-17)18(23)15-21(3)27(4,25)26/h7-9,11-12,16H,5-6,10,13-15H2,1-4H3,(H,20,24). The number of likely N-dealkylation sites (N-methyl/N-ethyl adjacent to an activating group) is 1. The smallest absolute Gasteiger partial charge is 0.242 e. The fourth-order valence-corrected chi connectivity index (χ4v) is 2.84. The van der Waals surface area contributed by atoms with E-state index in [1.807, 2.05) is 30.3 Å². The van der Waals surface area contributed by atoms with E-state index in [9.17, 15) is 18.0 Å². The van der Waals surface area contributed by atoms with Gasteiger partial charge in [0.15, 0.2) is 0 Å². The maximum Gasteiger partial charge on any atom is 0.242 e. The van der Waals surface area contributed by atoms with E-state index < -0.39 is 22.0 Å². The van der Waals surface area contributed by atoms with Gasteiger partial charge in [-0.1, -0.05) is 50.1 Å². The van der Waals surface area contributed by atoms with E-state index in [2.05, 4.69) is 12.2 Å². The summed E-state index contributed by atoms with van der Waals surface area (Å²) in [5.74, 6) is -0.652. The van der Waals surface area contributed by atoms with Crippen molar-refractivity contribution in [1.29, 1.82) is 0 Å². The Balaban J connectivity index is 2.89. The summed E-state index contributed by atoms with van der Waals surface area (Å²) < 4.78 is 24.2. The Morgan fingerprint density at radius 2 is 1.78 bits per heavy atom. The van der Waals surface area contributed by atoms with Gasteiger partial charge in [-0.15, -0.1) is 0 Å². The zero-order chi connectivity index (χ0) is 20.4. The van der Waals surface area contributed by atoms with Crippen LogP contribution < -0.4 is 5.32 Å². The number of hydrogen-bond donors (Lipinski definition) is 1. The van der Waals surface area contributed by atoms with Crippen LogP contribution in [-0.2, 0) is 26.2 Å². The Labute approximate surface area is 162 Å². The van der Waals surface area contributed by atoms with E-state index in [-0.39, 0.29) is 19.0 Å². The molecular weight excluding hydrogens is 366 g/mol. The van der Waals surface area contributed by atoms with Crippen LogP contribution in [0.25, 0.3) is 0 Å². The highest BCUT2D eigenvalue weighted by molar-refractivity contribution is 7.88. The van der Waals surface area contributed by atoms with Crippen molar-refractivity contribution < 1.29 is 18.0 Å². The number of rotatable bonds is 11. The minimum Gasteiger partial charge on any atom is -0.354 e. The van der Waals surface area contributed by atoms with Crippen molar-refractivity contribution in [2.45, 2.75) is 45.7 Å². The molecular formula is C19H31N3O4S. The van der Waals surface area contributed by atoms with Crippen LogP contribution in [0.2, 0.25) is 0 Å². The Kier molecular flexibility index (Phi) is 9.45. The quantitative estimate of drug-likeness (QED) is 0.575. The van der Waals surface area contributed by atoms with Crippen LogP contribution in [0, 0.1) is 0 Å². The Morgan fingerprint density at radius 3 is 2.33 bits per heavy atom. The summed E-state index contributed by atoms with van der Waals surface area (Å²) in [5, 5.41) is 2.86. The summed E-state index contributed by atoms with van der Waals surface area (Å²) >= 11 is 0. The van der Waals surface area contributed by atoms with Crippen molar-refractivity contribution in [2.24, 2.45) is 0 Å². The number of nitrogens with zero attached hydrogens (tertiary/aromatic N) is 2. The van der Waals surface area contributed by atoms with Crippen LogP contribution in [0.4, 0.5) is 0 Å². The molecule has 0 radical (unpaired) electrons. The van der Waals surface area contributed by atoms with Gasteiger partial charge in [-0.2, -0.15) is 4.31 Å². The number of carbonyl (C=O) groups excluding carboxylic acids is 2. The Morgan fingerprint density at radius 1 is 1.15 bits per heavy atom. The molecule has 1 atom stereocenters. The molecule has 1 aromatic carbocycles. The molecule has 152 valence electrons. The van der Waals surface area contributed by atoms with Crippen molar-refractivity contribution in [3.8, 4) is 0 Å². The third-order valence-corrected chi connectivity index (χ3v) is 5.63. The van der Waals surface area contributed by atoms with E-state index in [1.54, 1.807) is 6.92 Å². The summed E-state index contributed by atoms with van der Waals surface area (Å²) in [4.78, 5) is 26.7. The van der Waals surface area contributed by atoms with Gasteiger partial charge in [0.1, 0.15) is 6.04 Å². The first-order valence-corrected chi connectivity index (χ1v) is 11.0. The average molecular weight is 398 g/mol. The molecule has 0 aliphatic rings. The zero-order valence-electron chi connectivity index (χ0n) is 16.6. The van der Waals surface area contributed by atoms with Crippen LogP contribution in [-0.4, -0.2) is 61.9 Å². The number of hydrogen-bond acceptors (Lipinski definition) is 4. The van der Waals surface area contributed by atoms with Gasteiger partial charge in [0.2, 0.25) is 21.8 Å². The number of amides is 2. The predicted molar refractivity (Wildman–Crippen MR) is 106 cm³/mol. The maximum atomic E-state index is 12.8. The van der Waals surface area contributed by atoms with Crippen LogP contribution >= 0.6 is 0 Å². The van der Waals surface area contributed by atoms with Gasteiger partial charge in [0, 0.05) is 20.1 Å². The van der Waals surface area contributed by atoms with Gasteiger partial charge in [-0.25, -0.2) is 8.42 Å². The van der Waals surface area contributed by atoms with Gasteiger partial charge in [-0.05, 0) is 18.9 Å². The first-order chi connectivity index (χ1) is 12.7. The normalized spacial score (nSPS) is 12.6. The van der Waals surface area contributed by atoms with Crippen LogP contribution in [0.1, 0.15) is 38.7 Å². The molecule has 0 spiro atoms.